The quantitative estimate of drug-likeness (QED) is 0.776. The molecular formula is C14H20N2O3. The van der Waals surface area contributed by atoms with Crippen LogP contribution in [0.25, 0.3) is 0 Å². The molecule has 1 aliphatic carbocycles. The molecule has 1 aliphatic rings. The summed E-state index contributed by atoms with van der Waals surface area (Å²) in [5.41, 5.74) is 0.399. The molecule has 5 heteroatoms. The first-order chi connectivity index (χ1) is 9.06. The number of aromatic nitrogens is 1. The van der Waals surface area contributed by atoms with Crippen molar-refractivity contribution in [2.45, 2.75) is 44.6 Å². The fraction of sp³-hybridized carbons (Fsp3) is 0.571. The number of pyridine rings is 1. The lowest BCUT2D eigenvalue weighted by Crippen LogP contribution is -2.44. The molecule has 19 heavy (non-hydrogen) atoms. The molecule has 1 aromatic rings. The summed E-state index contributed by atoms with van der Waals surface area (Å²) in [5, 5.41) is 21.9. The highest BCUT2D eigenvalue weighted by atomic mass is 16.4. The molecule has 1 saturated carbocycles. The van der Waals surface area contributed by atoms with Crippen molar-refractivity contribution in [3.05, 3.63) is 23.4 Å². The predicted octanol–water partition coefficient (Wildman–Crippen LogP) is 2.20. The Kier molecular flexibility index (Phi) is 4.04. The maximum Gasteiger partial charge on any atom is 0.337 e. The summed E-state index contributed by atoms with van der Waals surface area (Å²) in [6, 6.07) is 3.23. The first-order valence-electron chi connectivity index (χ1n) is 6.66. The number of anilines is 1. The summed E-state index contributed by atoms with van der Waals surface area (Å²) >= 11 is 0. The number of carboxylic acid groups (broad SMARTS) is 1. The fourth-order valence-corrected chi connectivity index (χ4v) is 2.68. The van der Waals surface area contributed by atoms with E-state index < -0.39 is 5.97 Å². The number of carboxylic acids is 1. The molecule has 2 rings (SSSR count). The number of rotatable bonds is 4. The molecule has 0 amide bonds. The second-order valence-corrected chi connectivity index (χ2v) is 5.26. The molecule has 0 aliphatic heterocycles. The number of carbonyl (C=O) groups is 1. The van der Waals surface area contributed by atoms with Crippen LogP contribution >= 0.6 is 0 Å². The molecule has 0 atom stereocenters. The third-order valence-corrected chi connectivity index (χ3v) is 3.82. The van der Waals surface area contributed by atoms with E-state index in [1.54, 1.807) is 19.1 Å². The van der Waals surface area contributed by atoms with Crippen LogP contribution in [0.4, 0.5) is 5.82 Å². The van der Waals surface area contributed by atoms with E-state index in [1.807, 2.05) is 0 Å². The number of hydrogen-bond donors (Lipinski definition) is 3. The summed E-state index contributed by atoms with van der Waals surface area (Å²) < 4.78 is 0. The molecule has 0 bridgehead atoms. The SMILES string of the molecule is Cc1nc(NC2(CO)CCCCC2)ccc1C(=O)O. The van der Waals surface area contributed by atoms with Crippen LogP contribution < -0.4 is 5.32 Å². The Labute approximate surface area is 112 Å². The van der Waals surface area contributed by atoms with Gasteiger partial charge < -0.3 is 15.5 Å². The third-order valence-electron chi connectivity index (χ3n) is 3.82. The lowest BCUT2D eigenvalue weighted by Gasteiger charge is -2.37. The van der Waals surface area contributed by atoms with Crippen LogP contribution in [0.3, 0.4) is 0 Å². The van der Waals surface area contributed by atoms with E-state index in [-0.39, 0.29) is 17.7 Å². The van der Waals surface area contributed by atoms with E-state index >= 15 is 0 Å². The highest BCUT2D eigenvalue weighted by molar-refractivity contribution is 5.89. The van der Waals surface area contributed by atoms with Crippen molar-refractivity contribution in [1.82, 2.24) is 4.98 Å². The first-order valence-corrected chi connectivity index (χ1v) is 6.66. The smallest absolute Gasteiger partial charge is 0.337 e. The van der Waals surface area contributed by atoms with Gasteiger partial charge in [0.25, 0.3) is 0 Å². The van der Waals surface area contributed by atoms with Crippen molar-refractivity contribution in [1.29, 1.82) is 0 Å². The van der Waals surface area contributed by atoms with Crippen LogP contribution in [-0.2, 0) is 0 Å². The van der Waals surface area contributed by atoms with Gasteiger partial charge in [-0.2, -0.15) is 0 Å². The monoisotopic (exact) mass is 264 g/mol. The Morgan fingerprint density at radius 3 is 2.58 bits per heavy atom. The Hall–Kier alpha value is -1.62. The number of nitrogens with zero attached hydrogens (tertiary/aromatic N) is 1. The Morgan fingerprint density at radius 2 is 2.05 bits per heavy atom. The molecular weight excluding hydrogens is 244 g/mol. The van der Waals surface area contributed by atoms with Gasteiger partial charge in [0.05, 0.1) is 23.4 Å². The lowest BCUT2D eigenvalue weighted by atomic mass is 9.82. The summed E-state index contributed by atoms with van der Waals surface area (Å²) in [5.74, 6) is -0.329. The average molecular weight is 264 g/mol. The number of aliphatic hydroxyl groups is 1. The van der Waals surface area contributed by atoms with Gasteiger partial charge in [-0.3, -0.25) is 0 Å². The zero-order chi connectivity index (χ0) is 13.9. The van der Waals surface area contributed by atoms with E-state index in [4.69, 9.17) is 5.11 Å². The van der Waals surface area contributed by atoms with Gasteiger partial charge in [0, 0.05) is 0 Å². The van der Waals surface area contributed by atoms with E-state index in [1.165, 1.54) is 6.42 Å². The van der Waals surface area contributed by atoms with Gasteiger partial charge in [-0.15, -0.1) is 0 Å². The Balaban J connectivity index is 2.18. The molecule has 0 saturated heterocycles. The maximum absolute atomic E-state index is 10.9. The van der Waals surface area contributed by atoms with E-state index in [2.05, 4.69) is 10.3 Å². The number of aliphatic hydroxyl groups excluding tert-OH is 1. The second-order valence-electron chi connectivity index (χ2n) is 5.26. The molecule has 1 fully saturated rings. The largest absolute Gasteiger partial charge is 0.478 e. The van der Waals surface area contributed by atoms with E-state index in [0.717, 1.165) is 25.7 Å². The zero-order valence-corrected chi connectivity index (χ0v) is 11.1. The van der Waals surface area contributed by atoms with Gasteiger partial charge in [-0.05, 0) is 31.9 Å². The fourth-order valence-electron chi connectivity index (χ4n) is 2.68. The molecule has 0 aromatic carbocycles. The summed E-state index contributed by atoms with van der Waals surface area (Å²) in [4.78, 5) is 15.2. The van der Waals surface area contributed by atoms with Gasteiger partial charge in [0.2, 0.25) is 0 Å². The van der Waals surface area contributed by atoms with Crippen LogP contribution in [-0.4, -0.2) is 33.3 Å². The van der Waals surface area contributed by atoms with Gasteiger partial charge in [-0.25, -0.2) is 9.78 Å². The topological polar surface area (TPSA) is 82.5 Å². The Morgan fingerprint density at radius 1 is 1.37 bits per heavy atom. The molecule has 0 unspecified atom stereocenters. The van der Waals surface area contributed by atoms with Gasteiger partial charge in [-0.1, -0.05) is 19.3 Å². The number of hydrogen-bond acceptors (Lipinski definition) is 4. The van der Waals surface area contributed by atoms with Crippen LogP contribution in [0.15, 0.2) is 12.1 Å². The van der Waals surface area contributed by atoms with Crippen molar-refractivity contribution in [3.63, 3.8) is 0 Å². The molecule has 0 radical (unpaired) electrons. The normalized spacial score (nSPS) is 18.0. The van der Waals surface area contributed by atoms with E-state index in [9.17, 15) is 9.90 Å². The highest BCUT2D eigenvalue weighted by Crippen LogP contribution is 2.31. The minimum Gasteiger partial charge on any atom is -0.478 e. The molecule has 1 heterocycles. The second kappa shape index (κ2) is 5.57. The van der Waals surface area contributed by atoms with Gasteiger partial charge in [0.1, 0.15) is 5.82 Å². The average Bonchev–Trinajstić information content (AvgIpc) is 2.39. The van der Waals surface area contributed by atoms with Crippen LogP contribution in [0, 0.1) is 6.92 Å². The van der Waals surface area contributed by atoms with Crippen molar-refractivity contribution in [3.8, 4) is 0 Å². The molecule has 3 N–H and O–H groups in total. The summed E-state index contributed by atoms with van der Waals surface area (Å²) in [6.07, 6.45) is 5.24. The predicted molar refractivity (Wildman–Crippen MR) is 72.5 cm³/mol. The maximum atomic E-state index is 10.9. The van der Waals surface area contributed by atoms with Crippen LogP contribution in [0.1, 0.15) is 48.2 Å². The standard InChI is InChI=1S/C14H20N2O3/c1-10-11(13(18)19)5-6-12(15-10)16-14(9-17)7-3-2-4-8-14/h5-6,17H,2-4,7-9H2,1H3,(H,15,16)(H,18,19). The van der Waals surface area contributed by atoms with Crippen LogP contribution in [0.5, 0.6) is 0 Å². The minimum absolute atomic E-state index is 0.0778. The molecule has 5 nitrogen and oxygen atoms in total. The van der Waals surface area contributed by atoms with Gasteiger partial charge >= 0.3 is 5.97 Å². The minimum atomic E-state index is -0.967. The summed E-state index contributed by atoms with van der Waals surface area (Å²) in [7, 11) is 0. The summed E-state index contributed by atoms with van der Waals surface area (Å²) in [6.45, 7) is 1.76. The highest BCUT2D eigenvalue weighted by Gasteiger charge is 2.31. The van der Waals surface area contributed by atoms with Crippen LogP contribution in [0.2, 0.25) is 0 Å². The van der Waals surface area contributed by atoms with Crippen molar-refractivity contribution >= 4 is 11.8 Å². The first kappa shape index (κ1) is 13.8. The lowest BCUT2D eigenvalue weighted by molar-refractivity contribution is 0.0695. The molecule has 0 spiro atoms. The Bertz CT molecular complexity index is 468. The number of nitrogens with one attached hydrogen (secondary N) is 1. The van der Waals surface area contributed by atoms with Crippen molar-refractivity contribution in [2.24, 2.45) is 0 Å². The van der Waals surface area contributed by atoms with Gasteiger partial charge in [0.15, 0.2) is 0 Å². The number of aromatic carboxylic acids is 1. The molecule has 1 aromatic heterocycles. The number of aryl methyl sites for hydroxylation is 1. The third kappa shape index (κ3) is 3.04. The zero-order valence-electron chi connectivity index (χ0n) is 11.1. The van der Waals surface area contributed by atoms with Crippen molar-refractivity contribution in [2.75, 3.05) is 11.9 Å². The van der Waals surface area contributed by atoms with Crippen molar-refractivity contribution < 1.29 is 15.0 Å². The van der Waals surface area contributed by atoms with E-state index in [0.29, 0.717) is 11.5 Å². The molecule has 104 valence electrons.